The summed E-state index contributed by atoms with van der Waals surface area (Å²) in [6.07, 6.45) is 0.303. The minimum absolute atomic E-state index is 0.303. The van der Waals surface area contributed by atoms with Crippen molar-refractivity contribution in [2.24, 2.45) is 11.3 Å². The van der Waals surface area contributed by atoms with Crippen LogP contribution in [0, 0.1) is 23.2 Å². The van der Waals surface area contributed by atoms with Crippen molar-refractivity contribution in [2.75, 3.05) is 39.3 Å². The van der Waals surface area contributed by atoms with Crippen molar-refractivity contribution >= 4 is 0 Å². The van der Waals surface area contributed by atoms with E-state index in [1.807, 2.05) is 0 Å². The maximum atomic E-state index is 5.80. The lowest BCUT2D eigenvalue weighted by Crippen LogP contribution is -2.47. The molecule has 0 aromatic heterocycles. The molecule has 0 spiro atoms. The summed E-state index contributed by atoms with van der Waals surface area (Å²) in [7, 11) is 0. The number of hydrogen-bond acceptors (Lipinski definition) is 3. The zero-order chi connectivity index (χ0) is 14.3. The molecule has 3 nitrogen and oxygen atoms in total. The average molecular weight is 266 g/mol. The van der Waals surface area contributed by atoms with Crippen molar-refractivity contribution in [3.63, 3.8) is 0 Å². The third kappa shape index (κ3) is 8.26. The molecule has 1 fully saturated rings. The lowest BCUT2D eigenvalue weighted by Gasteiger charge is -2.32. The molecule has 1 aliphatic heterocycles. The second-order valence-corrected chi connectivity index (χ2v) is 6.90. The fourth-order valence-corrected chi connectivity index (χ4v) is 2.02. The van der Waals surface area contributed by atoms with Gasteiger partial charge in [-0.05, 0) is 5.41 Å². The maximum Gasteiger partial charge on any atom is 0.0827 e. The van der Waals surface area contributed by atoms with Crippen LogP contribution >= 0.6 is 0 Å². The van der Waals surface area contributed by atoms with Gasteiger partial charge in [-0.15, -0.1) is 0 Å². The number of hydrogen-bond donors (Lipinski definition) is 1. The molecule has 1 atom stereocenters. The standard InChI is InChI=1S/C16H30N2O/c1-14(2)7-6-8-18-9-10-19-15(12-18)11-17-13-16(3,4)5/h14-15,17H,8-13H2,1-5H3/t15-/m0/s1. The molecule has 1 saturated heterocycles. The quantitative estimate of drug-likeness (QED) is 0.788. The monoisotopic (exact) mass is 266 g/mol. The van der Waals surface area contributed by atoms with Crippen LogP contribution in [-0.4, -0.2) is 50.3 Å². The minimum Gasteiger partial charge on any atom is -0.374 e. The molecule has 0 aliphatic carbocycles. The van der Waals surface area contributed by atoms with Crippen LogP contribution in [0.25, 0.3) is 0 Å². The Morgan fingerprint density at radius 3 is 2.74 bits per heavy atom. The number of nitrogens with one attached hydrogen (secondary N) is 1. The van der Waals surface area contributed by atoms with Crippen LogP contribution in [0.4, 0.5) is 0 Å². The van der Waals surface area contributed by atoms with Crippen LogP contribution < -0.4 is 5.32 Å². The van der Waals surface area contributed by atoms with Gasteiger partial charge in [0.15, 0.2) is 0 Å². The van der Waals surface area contributed by atoms with Crippen molar-refractivity contribution in [3.8, 4) is 11.8 Å². The Hall–Kier alpha value is -0.560. The van der Waals surface area contributed by atoms with Gasteiger partial charge >= 0.3 is 0 Å². The molecule has 0 amide bonds. The van der Waals surface area contributed by atoms with Gasteiger partial charge in [0.25, 0.3) is 0 Å². The molecule has 0 bridgehead atoms. The van der Waals surface area contributed by atoms with E-state index in [-0.39, 0.29) is 0 Å². The summed E-state index contributed by atoms with van der Waals surface area (Å²) in [5.74, 6) is 6.94. The molecule has 0 unspecified atom stereocenters. The van der Waals surface area contributed by atoms with E-state index in [1.165, 1.54) is 0 Å². The topological polar surface area (TPSA) is 24.5 Å². The highest BCUT2D eigenvalue weighted by Gasteiger charge is 2.20. The molecule has 0 aromatic carbocycles. The Labute approximate surface area is 119 Å². The van der Waals surface area contributed by atoms with E-state index in [4.69, 9.17) is 4.74 Å². The van der Waals surface area contributed by atoms with E-state index in [2.05, 4.69) is 56.7 Å². The van der Waals surface area contributed by atoms with Gasteiger partial charge in [-0.3, -0.25) is 4.90 Å². The van der Waals surface area contributed by atoms with E-state index in [0.717, 1.165) is 39.3 Å². The smallest absolute Gasteiger partial charge is 0.0827 e. The first-order chi connectivity index (χ1) is 8.87. The lowest BCUT2D eigenvalue weighted by atomic mass is 9.97. The number of morpholine rings is 1. The first-order valence-corrected chi connectivity index (χ1v) is 7.40. The van der Waals surface area contributed by atoms with Crippen molar-refractivity contribution in [1.82, 2.24) is 10.2 Å². The van der Waals surface area contributed by atoms with Gasteiger partial charge in [-0.1, -0.05) is 46.5 Å². The Bertz CT molecular complexity index is 309. The Balaban J connectivity index is 2.25. The number of rotatable bonds is 4. The fourth-order valence-electron chi connectivity index (χ4n) is 2.02. The third-order valence-electron chi connectivity index (χ3n) is 2.94. The van der Waals surface area contributed by atoms with Gasteiger partial charge in [0.05, 0.1) is 19.3 Å². The summed E-state index contributed by atoms with van der Waals surface area (Å²) in [5, 5.41) is 3.50. The molecule has 110 valence electrons. The van der Waals surface area contributed by atoms with Crippen molar-refractivity contribution in [2.45, 2.75) is 40.7 Å². The number of nitrogens with zero attached hydrogens (tertiary/aromatic N) is 1. The molecular formula is C16H30N2O. The van der Waals surface area contributed by atoms with Crippen LogP contribution in [0.2, 0.25) is 0 Å². The normalized spacial score (nSPS) is 21.3. The third-order valence-corrected chi connectivity index (χ3v) is 2.94. The van der Waals surface area contributed by atoms with Gasteiger partial charge in [0.2, 0.25) is 0 Å². The second-order valence-electron chi connectivity index (χ2n) is 6.90. The SMILES string of the molecule is CC(C)C#CCN1CCO[C@@H](CNCC(C)(C)C)C1. The van der Waals surface area contributed by atoms with Crippen LogP contribution in [-0.2, 0) is 4.74 Å². The molecule has 0 saturated carbocycles. The van der Waals surface area contributed by atoms with Gasteiger partial charge < -0.3 is 10.1 Å². The highest BCUT2D eigenvalue weighted by atomic mass is 16.5. The van der Waals surface area contributed by atoms with Crippen molar-refractivity contribution in [1.29, 1.82) is 0 Å². The summed E-state index contributed by atoms with van der Waals surface area (Å²) >= 11 is 0. The molecule has 19 heavy (non-hydrogen) atoms. The molecule has 0 aromatic rings. The van der Waals surface area contributed by atoms with Gasteiger partial charge in [-0.2, -0.15) is 0 Å². The predicted molar refractivity (Wildman–Crippen MR) is 81.1 cm³/mol. The summed E-state index contributed by atoms with van der Waals surface area (Å²) in [5.41, 5.74) is 0.330. The Kier molecular flexibility index (Phi) is 6.85. The summed E-state index contributed by atoms with van der Waals surface area (Å²) in [4.78, 5) is 2.39. The highest BCUT2D eigenvalue weighted by Crippen LogP contribution is 2.11. The van der Waals surface area contributed by atoms with Crippen LogP contribution in [0.1, 0.15) is 34.6 Å². The fraction of sp³-hybridized carbons (Fsp3) is 0.875. The first-order valence-electron chi connectivity index (χ1n) is 7.40. The van der Waals surface area contributed by atoms with Gasteiger partial charge in [0.1, 0.15) is 0 Å². The van der Waals surface area contributed by atoms with Gasteiger partial charge in [-0.25, -0.2) is 0 Å². The van der Waals surface area contributed by atoms with E-state index in [1.54, 1.807) is 0 Å². The van der Waals surface area contributed by atoms with E-state index < -0.39 is 0 Å². The minimum atomic E-state index is 0.303. The molecule has 0 radical (unpaired) electrons. The largest absolute Gasteiger partial charge is 0.374 e. The Morgan fingerprint density at radius 1 is 1.37 bits per heavy atom. The molecular weight excluding hydrogens is 236 g/mol. The summed E-state index contributed by atoms with van der Waals surface area (Å²) in [6, 6.07) is 0. The van der Waals surface area contributed by atoms with Crippen molar-refractivity contribution < 1.29 is 4.74 Å². The van der Waals surface area contributed by atoms with E-state index in [9.17, 15) is 0 Å². The number of ether oxygens (including phenoxy) is 1. The van der Waals surface area contributed by atoms with Crippen LogP contribution in [0.5, 0.6) is 0 Å². The average Bonchev–Trinajstić information content (AvgIpc) is 2.27. The maximum absolute atomic E-state index is 5.80. The molecule has 1 aliphatic rings. The molecule has 3 heteroatoms. The summed E-state index contributed by atoms with van der Waals surface area (Å²) in [6.45, 7) is 16.7. The Morgan fingerprint density at radius 2 is 2.11 bits per heavy atom. The summed E-state index contributed by atoms with van der Waals surface area (Å²) < 4.78 is 5.80. The lowest BCUT2D eigenvalue weighted by molar-refractivity contribution is -0.0231. The predicted octanol–water partition coefficient (Wildman–Crippen LogP) is 1.98. The van der Waals surface area contributed by atoms with Crippen molar-refractivity contribution in [3.05, 3.63) is 0 Å². The van der Waals surface area contributed by atoms with Gasteiger partial charge in [0, 0.05) is 32.1 Å². The zero-order valence-corrected chi connectivity index (χ0v) is 13.3. The van der Waals surface area contributed by atoms with Crippen LogP contribution in [0.15, 0.2) is 0 Å². The zero-order valence-electron chi connectivity index (χ0n) is 13.3. The van der Waals surface area contributed by atoms with E-state index >= 15 is 0 Å². The molecule has 1 N–H and O–H groups in total. The van der Waals surface area contributed by atoms with Crippen LogP contribution in [0.3, 0.4) is 0 Å². The highest BCUT2D eigenvalue weighted by molar-refractivity contribution is 5.03. The first kappa shape index (κ1) is 16.5. The molecule has 1 heterocycles. The molecule has 1 rings (SSSR count). The second kappa shape index (κ2) is 7.89. The van der Waals surface area contributed by atoms with E-state index in [0.29, 0.717) is 17.4 Å².